The minimum absolute atomic E-state index is 0.123. The number of benzene rings is 2. The first-order valence-corrected chi connectivity index (χ1v) is 9.12. The van der Waals surface area contributed by atoms with E-state index in [1.807, 2.05) is 23.6 Å². The largest absolute Gasteiger partial charge is 0.298 e. The highest BCUT2D eigenvalue weighted by atomic mass is 32.1. The van der Waals surface area contributed by atoms with Crippen molar-refractivity contribution in [2.45, 2.75) is 25.7 Å². The Morgan fingerprint density at radius 3 is 2.62 bits per heavy atom. The fourth-order valence-electron chi connectivity index (χ4n) is 3.12. The van der Waals surface area contributed by atoms with Crippen molar-refractivity contribution in [2.75, 3.05) is 5.32 Å². The molecule has 3 aromatic rings. The first kappa shape index (κ1) is 15.1. The third-order valence-corrected chi connectivity index (χ3v) is 5.16. The lowest BCUT2D eigenvalue weighted by atomic mass is 9.90. The molecule has 1 aliphatic rings. The number of thiazole rings is 1. The van der Waals surface area contributed by atoms with E-state index >= 15 is 0 Å². The molecule has 0 spiro atoms. The summed E-state index contributed by atoms with van der Waals surface area (Å²) in [5.74, 6) is -0.123. The Hall–Kier alpha value is -2.46. The molecule has 4 rings (SSSR count). The first-order valence-electron chi connectivity index (χ1n) is 8.24. The van der Waals surface area contributed by atoms with Gasteiger partial charge in [-0.1, -0.05) is 30.3 Å². The second kappa shape index (κ2) is 6.57. The van der Waals surface area contributed by atoms with Crippen LogP contribution in [0.3, 0.4) is 0 Å². The Bertz CT molecular complexity index is 870. The van der Waals surface area contributed by atoms with Crippen LogP contribution in [-0.2, 0) is 12.8 Å². The van der Waals surface area contributed by atoms with E-state index in [9.17, 15) is 4.79 Å². The van der Waals surface area contributed by atoms with Gasteiger partial charge in [-0.05, 0) is 55.0 Å². The number of aryl methyl sites for hydroxylation is 2. The summed E-state index contributed by atoms with van der Waals surface area (Å²) in [5, 5.41) is 5.52. The Morgan fingerprint density at radius 2 is 1.79 bits per heavy atom. The molecule has 3 nitrogen and oxygen atoms in total. The van der Waals surface area contributed by atoms with Crippen LogP contribution in [0.5, 0.6) is 0 Å². The Labute approximate surface area is 145 Å². The summed E-state index contributed by atoms with van der Waals surface area (Å²) < 4.78 is 0. The molecular formula is C20H18N2OS. The summed E-state index contributed by atoms with van der Waals surface area (Å²) in [4.78, 5) is 16.8. The van der Waals surface area contributed by atoms with Crippen LogP contribution in [0.4, 0.5) is 5.13 Å². The van der Waals surface area contributed by atoms with Gasteiger partial charge in [0.05, 0.1) is 5.69 Å². The minimum atomic E-state index is -0.123. The van der Waals surface area contributed by atoms with Gasteiger partial charge in [0.15, 0.2) is 5.13 Å². The zero-order chi connectivity index (χ0) is 16.4. The molecule has 1 aromatic heterocycles. The van der Waals surface area contributed by atoms with Crippen molar-refractivity contribution in [1.29, 1.82) is 0 Å². The van der Waals surface area contributed by atoms with E-state index in [1.54, 1.807) is 12.1 Å². The number of nitrogens with zero attached hydrogens (tertiary/aromatic N) is 1. The van der Waals surface area contributed by atoms with Crippen molar-refractivity contribution < 1.29 is 4.79 Å². The van der Waals surface area contributed by atoms with Gasteiger partial charge in [-0.2, -0.15) is 0 Å². The van der Waals surface area contributed by atoms with Crippen molar-refractivity contribution in [1.82, 2.24) is 4.98 Å². The van der Waals surface area contributed by atoms with E-state index in [0.717, 1.165) is 17.7 Å². The summed E-state index contributed by atoms with van der Waals surface area (Å²) in [6.45, 7) is 0. The number of rotatable bonds is 3. The molecule has 1 heterocycles. The molecule has 1 N–H and O–H groups in total. The predicted octanol–water partition coefficient (Wildman–Crippen LogP) is 4.94. The fourth-order valence-corrected chi connectivity index (χ4v) is 3.83. The maximum Gasteiger partial charge on any atom is 0.257 e. The molecule has 24 heavy (non-hydrogen) atoms. The van der Waals surface area contributed by atoms with Gasteiger partial charge < -0.3 is 0 Å². The van der Waals surface area contributed by atoms with Crippen molar-refractivity contribution in [3.8, 4) is 11.3 Å². The van der Waals surface area contributed by atoms with Crippen molar-refractivity contribution in [2.24, 2.45) is 0 Å². The summed E-state index contributed by atoms with van der Waals surface area (Å²) >= 11 is 1.46. The molecule has 0 radical (unpaired) electrons. The number of carbonyl (C=O) groups is 1. The third kappa shape index (κ3) is 3.10. The number of carbonyl (C=O) groups excluding carboxylic acids is 1. The lowest BCUT2D eigenvalue weighted by Gasteiger charge is -2.16. The molecule has 120 valence electrons. The van der Waals surface area contributed by atoms with E-state index in [2.05, 4.69) is 28.5 Å². The lowest BCUT2D eigenvalue weighted by Crippen LogP contribution is -2.11. The van der Waals surface area contributed by atoms with E-state index < -0.39 is 0 Å². The smallest absolute Gasteiger partial charge is 0.257 e. The highest BCUT2D eigenvalue weighted by Crippen LogP contribution is 2.29. The minimum Gasteiger partial charge on any atom is -0.298 e. The van der Waals surface area contributed by atoms with Gasteiger partial charge in [-0.25, -0.2) is 4.98 Å². The summed E-state index contributed by atoms with van der Waals surface area (Å²) in [6, 6.07) is 15.8. The molecule has 1 amide bonds. The van der Waals surface area contributed by atoms with Crippen LogP contribution >= 0.6 is 11.3 Å². The Morgan fingerprint density at radius 1 is 1.00 bits per heavy atom. The number of amides is 1. The van der Waals surface area contributed by atoms with Crippen LogP contribution in [0, 0.1) is 0 Å². The van der Waals surface area contributed by atoms with Crippen LogP contribution in [-0.4, -0.2) is 10.9 Å². The molecule has 2 aromatic carbocycles. The van der Waals surface area contributed by atoms with Crippen molar-refractivity contribution in [3.05, 3.63) is 70.6 Å². The van der Waals surface area contributed by atoms with E-state index in [0.29, 0.717) is 10.7 Å². The summed E-state index contributed by atoms with van der Waals surface area (Å²) in [7, 11) is 0. The topological polar surface area (TPSA) is 42.0 Å². The van der Waals surface area contributed by atoms with E-state index in [-0.39, 0.29) is 5.91 Å². The number of hydrogen-bond acceptors (Lipinski definition) is 3. The van der Waals surface area contributed by atoms with Crippen LogP contribution in [0.25, 0.3) is 11.3 Å². The quantitative estimate of drug-likeness (QED) is 0.737. The number of fused-ring (bicyclic) bond motifs is 1. The maximum absolute atomic E-state index is 12.2. The van der Waals surface area contributed by atoms with Crippen molar-refractivity contribution in [3.63, 3.8) is 0 Å². The van der Waals surface area contributed by atoms with Crippen molar-refractivity contribution >= 4 is 22.4 Å². The van der Waals surface area contributed by atoms with Gasteiger partial charge in [-0.15, -0.1) is 11.3 Å². The summed E-state index contributed by atoms with van der Waals surface area (Å²) in [6.07, 6.45) is 4.90. The highest BCUT2D eigenvalue weighted by molar-refractivity contribution is 7.14. The highest BCUT2D eigenvalue weighted by Gasteiger charge is 2.13. The zero-order valence-corrected chi connectivity index (χ0v) is 14.1. The number of anilines is 1. The fraction of sp³-hybridized carbons (Fsp3) is 0.200. The normalized spacial score (nSPS) is 13.3. The van der Waals surface area contributed by atoms with Crippen LogP contribution in [0.2, 0.25) is 0 Å². The van der Waals surface area contributed by atoms with Crippen LogP contribution < -0.4 is 5.32 Å². The van der Waals surface area contributed by atoms with Gasteiger partial charge in [0, 0.05) is 16.5 Å². The molecule has 0 unspecified atom stereocenters. The molecule has 0 saturated carbocycles. The summed E-state index contributed by atoms with van der Waals surface area (Å²) in [5.41, 5.74) is 5.62. The van der Waals surface area contributed by atoms with Crippen LogP contribution in [0.1, 0.15) is 34.3 Å². The molecular weight excluding hydrogens is 316 g/mol. The molecule has 0 atom stereocenters. The van der Waals surface area contributed by atoms with Gasteiger partial charge in [0.1, 0.15) is 0 Å². The van der Waals surface area contributed by atoms with E-state index in [1.165, 1.54) is 41.7 Å². The standard InChI is InChI=1S/C20H18N2OS/c23-19(15-7-2-1-3-8-15)22-20-21-18(13-24-20)17-11-10-14-6-4-5-9-16(14)12-17/h1-3,7-8,10-13H,4-6,9H2,(H,21,22,23). The van der Waals surface area contributed by atoms with Gasteiger partial charge in [0.25, 0.3) is 5.91 Å². The Balaban J connectivity index is 1.53. The van der Waals surface area contributed by atoms with Gasteiger partial charge in [0.2, 0.25) is 0 Å². The van der Waals surface area contributed by atoms with Gasteiger partial charge in [-0.3, -0.25) is 10.1 Å². The molecule has 0 bridgehead atoms. The van der Waals surface area contributed by atoms with E-state index in [4.69, 9.17) is 0 Å². The molecule has 0 saturated heterocycles. The second-order valence-corrected chi connectivity index (χ2v) is 6.91. The number of nitrogens with one attached hydrogen (secondary N) is 1. The predicted molar refractivity (Wildman–Crippen MR) is 98.6 cm³/mol. The SMILES string of the molecule is O=C(Nc1nc(-c2ccc3c(c2)CCCC3)cs1)c1ccccc1. The van der Waals surface area contributed by atoms with Crippen LogP contribution in [0.15, 0.2) is 53.9 Å². The molecule has 4 heteroatoms. The molecule has 0 fully saturated rings. The second-order valence-electron chi connectivity index (χ2n) is 6.05. The lowest BCUT2D eigenvalue weighted by molar-refractivity contribution is 0.102. The van der Waals surface area contributed by atoms with Gasteiger partial charge >= 0.3 is 0 Å². The molecule has 0 aliphatic heterocycles. The number of aromatic nitrogens is 1. The third-order valence-electron chi connectivity index (χ3n) is 4.40. The average Bonchev–Trinajstić information content (AvgIpc) is 3.10. The average molecular weight is 334 g/mol. The zero-order valence-electron chi connectivity index (χ0n) is 13.3. The molecule has 1 aliphatic carbocycles. The number of hydrogen-bond donors (Lipinski definition) is 1. The maximum atomic E-state index is 12.2. The monoisotopic (exact) mass is 334 g/mol. The Kier molecular flexibility index (Phi) is 4.13. The first-order chi connectivity index (χ1) is 11.8.